The molecule has 0 heterocycles. The first-order chi connectivity index (χ1) is 9.87. The molecule has 0 saturated heterocycles. The summed E-state index contributed by atoms with van der Waals surface area (Å²) in [6, 6.07) is 13.3. The first kappa shape index (κ1) is 15.1. The van der Waals surface area contributed by atoms with E-state index >= 15 is 0 Å². The molecule has 0 fully saturated rings. The van der Waals surface area contributed by atoms with Gasteiger partial charge in [-0.25, -0.2) is 8.42 Å². The summed E-state index contributed by atoms with van der Waals surface area (Å²) >= 11 is 0. The van der Waals surface area contributed by atoms with Gasteiger partial charge in [-0.05, 0) is 42.3 Å². The standard InChI is InChI=1S/C15H16N2O3S/c1-11-4-2-3-5-13(11)10-21(19,20)17-14-8-6-12(7-9-14)15(16)18/h2-9,17H,10H2,1H3,(H2,16,18). The normalized spacial score (nSPS) is 11.1. The highest BCUT2D eigenvalue weighted by molar-refractivity contribution is 7.91. The van der Waals surface area contributed by atoms with E-state index in [4.69, 9.17) is 5.73 Å². The number of nitrogens with one attached hydrogen (secondary N) is 1. The van der Waals surface area contributed by atoms with Gasteiger partial charge in [0.1, 0.15) is 0 Å². The van der Waals surface area contributed by atoms with E-state index in [-0.39, 0.29) is 5.75 Å². The maximum absolute atomic E-state index is 12.1. The van der Waals surface area contributed by atoms with Gasteiger partial charge < -0.3 is 5.73 Å². The van der Waals surface area contributed by atoms with Crippen LogP contribution in [0, 0.1) is 6.92 Å². The van der Waals surface area contributed by atoms with E-state index in [1.54, 1.807) is 12.1 Å². The molecule has 0 aliphatic heterocycles. The minimum atomic E-state index is -3.51. The molecule has 0 aliphatic rings. The number of anilines is 1. The number of hydrogen-bond donors (Lipinski definition) is 2. The minimum Gasteiger partial charge on any atom is -0.366 e. The molecule has 0 spiro atoms. The predicted molar refractivity (Wildman–Crippen MR) is 82.4 cm³/mol. The summed E-state index contributed by atoms with van der Waals surface area (Å²) in [7, 11) is -3.51. The van der Waals surface area contributed by atoms with Crippen LogP contribution in [0.2, 0.25) is 0 Å². The lowest BCUT2D eigenvalue weighted by Crippen LogP contribution is -2.16. The quantitative estimate of drug-likeness (QED) is 0.885. The number of carbonyl (C=O) groups excluding carboxylic acids is 1. The fourth-order valence-corrected chi connectivity index (χ4v) is 3.20. The molecule has 0 atom stereocenters. The van der Waals surface area contributed by atoms with Crippen LogP contribution >= 0.6 is 0 Å². The first-order valence-electron chi connectivity index (χ1n) is 6.32. The highest BCUT2D eigenvalue weighted by atomic mass is 32.2. The summed E-state index contributed by atoms with van der Waals surface area (Å²) in [5, 5.41) is 0. The number of benzene rings is 2. The summed E-state index contributed by atoms with van der Waals surface area (Å²) in [6.07, 6.45) is 0. The van der Waals surface area contributed by atoms with Crippen LogP contribution in [-0.2, 0) is 15.8 Å². The molecule has 21 heavy (non-hydrogen) atoms. The van der Waals surface area contributed by atoms with Crippen LogP contribution in [0.5, 0.6) is 0 Å². The van der Waals surface area contributed by atoms with Crippen LogP contribution < -0.4 is 10.5 Å². The van der Waals surface area contributed by atoms with E-state index in [1.165, 1.54) is 24.3 Å². The van der Waals surface area contributed by atoms with Crippen LogP contribution in [0.3, 0.4) is 0 Å². The molecule has 0 bridgehead atoms. The zero-order chi connectivity index (χ0) is 15.5. The summed E-state index contributed by atoms with van der Waals surface area (Å²) in [5.41, 5.74) is 7.53. The van der Waals surface area contributed by atoms with Gasteiger partial charge in [0.25, 0.3) is 0 Å². The minimum absolute atomic E-state index is 0.1000. The number of amides is 1. The van der Waals surface area contributed by atoms with Crippen molar-refractivity contribution in [3.05, 3.63) is 65.2 Å². The van der Waals surface area contributed by atoms with E-state index in [2.05, 4.69) is 4.72 Å². The molecule has 0 saturated carbocycles. The van der Waals surface area contributed by atoms with Crippen molar-refractivity contribution in [2.45, 2.75) is 12.7 Å². The third kappa shape index (κ3) is 4.06. The van der Waals surface area contributed by atoms with Crippen LogP contribution in [0.4, 0.5) is 5.69 Å². The Hall–Kier alpha value is -2.34. The average Bonchev–Trinajstić information content (AvgIpc) is 2.41. The van der Waals surface area contributed by atoms with Crippen molar-refractivity contribution < 1.29 is 13.2 Å². The predicted octanol–water partition coefficient (Wildman–Crippen LogP) is 2.04. The highest BCUT2D eigenvalue weighted by Gasteiger charge is 2.13. The molecule has 6 heteroatoms. The lowest BCUT2D eigenvalue weighted by atomic mass is 10.1. The smallest absolute Gasteiger partial charge is 0.248 e. The molecule has 3 N–H and O–H groups in total. The summed E-state index contributed by atoms with van der Waals surface area (Å²) < 4.78 is 26.8. The molecule has 2 rings (SSSR count). The average molecular weight is 304 g/mol. The summed E-state index contributed by atoms with van der Waals surface area (Å²) in [5.74, 6) is -0.652. The van der Waals surface area contributed by atoms with E-state index < -0.39 is 15.9 Å². The Morgan fingerprint density at radius 1 is 1.10 bits per heavy atom. The number of hydrogen-bond acceptors (Lipinski definition) is 3. The largest absolute Gasteiger partial charge is 0.366 e. The molecule has 2 aromatic carbocycles. The number of carbonyl (C=O) groups is 1. The lowest BCUT2D eigenvalue weighted by Gasteiger charge is -2.10. The third-order valence-electron chi connectivity index (χ3n) is 3.05. The van der Waals surface area contributed by atoms with Crippen LogP contribution in [0.15, 0.2) is 48.5 Å². The van der Waals surface area contributed by atoms with Crippen molar-refractivity contribution >= 4 is 21.6 Å². The number of sulfonamides is 1. The maximum atomic E-state index is 12.1. The number of nitrogens with two attached hydrogens (primary N) is 1. The van der Waals surface area contributed by atoms with Gasteiger partial charge in [0, 0.05) is 11.3 Å². The fourth-order valence-electron chi connectivity index (χ4n) is 1.89. The van der Waals surface area contributed by atoms with Crippen molar-refractivity contribution in [2.24, 2.45) is 5.73 Å². The van der Waals surface area contributed by atoms with Gasteiger partial charge in [0.05, 0.1) is 5.75 Å². The molecule has 0 aromatic heterocycles. The molecule has 1 amide bonds. The van der Waals surface area contributed by atoms with E-state index in [0.717, 1.165) is 11.1 Å². The van der Waals surface area contributed by atoms with Crippen molar-refractivity contribution in [1.29, 1.82) is 0 Å². The Morgan fingerprint density at radius 3 is 2.29 bits per heavy atom. The lowest BCUT2D eigenvalue weighted by molar-refractivity contribution is 0.100. The first-order valence-corrected chi connectivity index (χ1v) is 7.97. The molecule has 0 radical (unpaired) electrons. The second-order valence-corrected chi connectivity index (χ2v) is 6.45. The van der Waals surface area contributed by atoms with Crippen molar-refractivity contribution in [2.75, 3.05) is 4.72 Å². The Morgan fingerprint density at radius 2 is 1.71 bits per heavy atom. The van der Waals surface area contributed by atoms with Gasteiger partial charge in [-0.3, -0.25) is 9.52 Å². The van der Waals surface area contributed by atoms with E-state index in [1.807, 2.05) is 19.1 Å². The Bertz CT molecular complexity index is 753. The number of rotatable bonds is 5. The number of aryl methyl sites for hydroxylation is 1. The molecule has 5 nitrogen and oxygen atoms in total. The van der Waals surface area contributed by atoms with Gasteiger partial charge in [-0.2, -0.15) is 0 Å². The SMILES string of the molecule is Cc1ccccc1CS(=O)(=O)Nc1ccc(C(N)=O)cc1. The van der Waals surface area contributed by atoms with Crippen molar-refractivity contribution in [3.63, 3.8) is 0 Å². The van der Waals surface area contributed by atoms with Gasteiger partial charge in [0.2, 0.25) is 15.9 Å². The second kappa shape index (κ2) is 5.97. The molecular weight excluding hydrogens is 288 g/mol. The maximum Gasteiger partial charge on any atom is 0.248 e. The summed E-state index contributed by atoms with van der Waals surface area (Å²) in [4.78, 5) is 11.0. The topological polar surface area (TPSA) is 89.3 Å². The van der Waals surface area contributed by atoms with Crippen LogP contribution in [0.25, 0.3) is 0 Å². The molecule has 0 aliphatic carbocycles. The van der Waals surface area contributed by atoms with Gasteiger partial charge in [-0.15, -0.1) is 0 Å². The Kier molecular flexibility index (Phi) is 4.28. The fraction of sp³-hybridized carbons (Fsp3) is 0.133. The van der Waals surface area contributed by atoms with E-state index in [9.17, 15) is 13.2 Å². The number of primary amides is 1. The van der Waals surface area contributed by atoms with Crippen molar-refractivity contribution in [3.8, 4) is 0 Å². The van der Waals surface area contributed by atoms with E-state index in [0.29, 0.717) is 11.3 Å². The monoisotopic (exact) mass is 304 g/mol. The highest BCUT2D eigenvalue weighted by Crippen LogP contribution is 2.15. The molecule has 0 unspecified atom stereocenters. The van der Waals surface area contributed by atoms with Crippen LogP contribution in [0.1, 0.15) is 21.5 Å². The molecular formula is C15H16N2O3S. The van der Waals surface area contributed by atoms with Gasteiger partial charge in [-0.1, -0.05) is 24.3 Å². The Balaban J connectivity index is 2.14. The zero-order valence-corrected chi connectivity index (χ0v) is 12.4. The molecule has 2 aromatic rings. The second-order valence-electron chi connectivity index (χ2n) is 4.73. The zero-order valence-electron chi connectivity index (χ0n) is 11.5. The van der Waals surface area contributed by atoms with Gasteiger partial charge >= 0.3 is 0 Å². The Labute approximate surface area is 123 Å². The van der Waals surface area contributed by atoms with Crippen LogP contribution in [-0.4, -0.2) is 14.3 Å². The third-order valence-corrected chi connectivity index (χ3v) is 4.29. The van der Waals surface area contributed by atoms with Gasteiger partial charge in [0.15, 0.2) is 0 Å². The molecule has 110 valence electrons. The van der Waals surface area contributed by atoms with Crippen molar-refractivity contribution in [1.82, 2.24) is 0 Å². The summed E-state index contributed by atoms with van der Waals surface area (Å²) in [6.45, 7) is 1.87.